The molecule has 0 saturated carbocycles. The Hall–Kier alpha value is 1.66. The molecule has 1 heterocycles. The van der Waals surface area contributed by atoms with Gasteiger partial charge >= 0.3 is 79.9 Å². The molecule has 0 amide bonds. The molecule has 0 nitrogen and oxygen atoms in total. The molecule has 1 atom stereocenters. The molecule has 1 unspecified atom stereocenters. The minimum absolute atomic E-state index is 0. The summed E-state index contributed by atoms with van der Waals surface area (Å²) in [5.41, 5.74) is 3.14. The topological polar surface area (TPSA) is 0 Å². The van der Waals surface area contributed by atoms with Crippen molar-refractivity contribution in [3.05, 3.63) is 11.1 Å². The third kappa shape index (κ3) is 4.35. The summed E-state index contributed by atoms with van der Waals surface area (Å²) in [6.07, 6.45) is 0. The van der Waals surface area contributed by atoms with Gasteiger partial charge in [-0.15, -0.1) is 37.2 Å². The molecule has 0 N–H and O–H groups in total. The molecular formula is C8H15Cl3PZr. The molecule has 0 aromatic carbocycles. The van der Waals surface area contributed by atoms with Crippen LogP contribution in [0.1, 0.15) is 27.7 Å². The van der Waals surface area contributed by atoms with E-state index in [0.29, 0.717) is 2.86 Å². The SMILES string of the molecule is CC1=P[C](C)([Zr])C(C)=C1C.Cl.Cl.Cl. The fraction of sp³-hybridized carbons (Fsp3) is 0.625. The van der Waals surface area contributed by atoms with Crippen LogP contribution in [0, 0.1) is 0 Å². The minimum Gasteiger partial charge on any atom is -0.147 e. The van der Waals surface area contributed by atoms with Crippen LogP contribution < -0.4 is 0 Å². The molecule has 0 aromatic heterocycles. The van der Waals surface area contributed by atoms with Gasteiger partial charge in [-0.25, -0.2) is 0 Å². The van der Waals surface area contributed by atoms with E-state index in [1.165, 1.54) is 8.20 Å². The van der Waals surface area contributed by atoms with Gasteiger partial charge in [0.05, 0.1) is 0 Å². The summed E-state index contributed by atoms with van der Waals surface area (Å²) in [6, 6.07) is 0. The third-order valence-electron chi connectivity index (χ3n) is 2.23. The predicted octanol–water partition coefficient (Wildman–Crippen LogP) is 4.00. The maximum absolute atomic E-state index is 2.35. The van der Waals surface area contributed by atoms with Crippen LogP contribution in [-0.4, -0.2) is 8.16 Å². The molecule has 0 bridgehead atoms. The Morgan fingerprint density at radius 2 is 1.46 bits per heavy atom. The average Bonchev–Trinajstić information content (AvgIpc) is 1.95. The van der Waals surface area contributed by atoms with Crippen molar-refractivity contribution in [3.63, 3.8) is 0 Å². The first kappa shape index (κ1) is 20.1. The molecule has 0 saturated heterocycles. The van der Waals surface area contributed by atoms with Crippen LogP contribution in [0.3, 0.4) is 0 Å². The van der Waals surface area contributed by atoms with Crippen molar-refractivity contribution < 1.29 is 24.7 Å². The van der Waals surface area contributed by atoms with Gasteiger partial charge < -0.3 is 0 Å². The van der Waals surface area contributed by atoms with Crippen molar-refractivity contribution in [2.24, 2.45) is 0 Å². The Labute approximate surface area is 116 Å². The Kier molecular flexibility index (Phi) is 10.9. The fourth-order valence-corrected chi connectivity index (χ4v) is 4.18. The van der Waals surface area contributed by atoms with Gasteiger partial charge in [0.1, 0.15) is 0 Å². The molecule has 5 heteroatoms. The van der Waals surface area contributed by atoms with Crippen molar-refractivity contribution in [3.8, 4) is 0 Å². The van der Waals surface area contributed by atoms with E-state index in [1.54, 1.807) is 41.2 Å². The first-order valence-electron chi connectivity index (χ1n) is 3.45. The van der Waals surface area contributed by atoms with Gasteiger partial charge in [-0.3, -0.25) is 0 Å². The van der Waals surface area contributed by atoms with E-state index in [4.69, 9.17) is 0 Å². The van der Waals surface area contributed by atoms with E-state index in [0.717, 1.165) is 0 Å². The summed E-state index contributed by atoms with van der Waals surface area (Å²) >= 11 is 1.64. The number of hydrogen-bond acceptors (Lipinski definition) is 0. The summed E-state index contributed by atoms with van der Waals surface area (Å²) in [5, 5.41) is 1.57. The molecule has 0 aliphatic carbocycles. The molecule has 1 rings (SSSR count). The predicted molar refractivity (Wildman–Crippen MR) is 66.1 cm³/mol. The van der Waals surface area contributed by atoms with Gasteiger partial charge in [-0.05, 0) is 0 Å². The van der Waals surface area contributed by atoms with Crippen molar-refractivity contribution in [2.45, 2.75) is 30.6 Å². The third-order valence-corrected chi connectivity index (χ3v) is 5.43. The van der Waals surface area contributed by atoms with Crippen LogP contribution in [0.4, 0.5) is 0 Å². The van der Waals surface area contributed by atoms with Gasteiger partial charge in [-0.1, -0.05) is 0 Å². The summed E-state index contributed by atoms with van der Waals surface area (Å²) in [4.78, 5) is 0. The molecular weight excluding hydrogens is 325 g/mol. The quantitative estimate of drug-likeness (QED) is 0.585. The molecule has 0 aromatic rings. The number of halogens is 3. The minimum atomic E-state index is 0. The van der Waals surface area contributed by atoms with Crippen LogP contribution in [-0.2, 0) is 24.7 Å². The molecule has 0 fully saturated rings. The van der Waals surface area contributed by atoms with E-state index in [1.807, 2.05) is 0 Å². The largest absolute Gasteiger partial charge is 0.147 e. The number of rotatable bonds is 0. The Bertz CT molecular complexity index is 234. The monoisotopic (exact) mass is 337 g/mol. The van der Waals surface area contributed by atoms with Crippen LogP contribution in [0.2, 0.25) is 0 Å². The summed E-state index contributed by atoms with van der Waals surface area (Å²) in [7, 11) is 1.54. The standard InChI is InChI=1S/C8H12P.3ClH.Zr/c1-5-6(2)8(4)9-7(5)3;;;;/h1-4H3;3*1H;. The van der Waals surface area contributed by atoms with Crippen molar-refractivity contribution in [1.82, 2.24) is 0 Å². The van der Waals surface area contributed by atoms with Crippen molar-refractivity contribution in [2.75, 3.05) is 0 Å². The maximum atomic E-state index is 2.35. The number of hydrogen-bond donors (Lipinski definition) is 0. The van der Waals surface area contributed by atoms with Gasteiger partial charge in [0.25, 0.3) is 0 Å². The maximum Gasteiger partial charge on any atom is -0.147 e. The average molecular weight is 340 g/mol. The smallest absolute Gasteiger partial charge is 0.147 e. The first-order chi connectivity index (χ1) is 4.45. The second-order valence-electron chi connectivity index (χ2n) is 3.02. The van der Waals surface area contributed by atoms with Crippen LogP contribution in [0.15, 0.2) is 11.1 Å². The van der Waals surface area contributed by atoms with Crippen molar-refractivity contribution in [1.29, 1.82) is 0 Å². The second kappa shape index (κ2) is 7.02. The zero-order chi connectivity index (χ0) is 7.94. The Balaban J connectivity index is -0.000000333. The van der Waals surface area contributed by atoms with Crippen molar-refractivity contribution >= 4 is 50.7 Å². The van der Waals surface area contributed by atoms with Gasteiger partial charge in [-0.2, -0.15) is 0 Å². The van der Waals surface area contributed by atoms with E-state index >= 15 is 0 Å². The van der Waals surface area contributed by atoms with Gasteiger partial charge in [0, 0.05) is 0 Å². The second-order valence-corrected chi connectivity index (χ2v) is 8.30. The van der Waals surface area contributed by atoms with E-state index in [9.17, 15) is 0 Å². The van der Waals surface area contributed by atoms with E-state index < -0.39 is 0 Å². The van der Waals surface area contributed by atoms with Crippen LogP contribution >= 0.6 is 45.4 Å². The molecule has 77 valence electrons. The van der Waals surface area contributed by atoms with E-state index in [-0.39, 0.29) is 37.2 Å². The molecule has 1 aliphatic rings. The summed E-state index contributed by atoms with van der Waals surface area (Å²) < 4.78 is 0.501. The Morgan fingerprint density at radius 1 is 1.08 bits per heavy atom. The van der Waals surface area contributed by atoms with Gasteiger partial charge in [0.2, 0.25) is 0 Å². The molecule has 0 radical (unpaired) electrons. The molecule has 0 spiro atoms. The summed E-state index contributed by atoms with van der Waals surface area (Å²) in [6.45, 7) is 9.11. The Morgan fingerprint density at radius 3 is 1.54 bits per heavy atom. The first-order valence-corrected chi connectivity index (χ1v) is 5.57. The van der Waals surface area contributed by atoms with Crippen LogP contribution in [0.25, 0.3) is 0 Å². The summed E-state index contributed by atoms with van der Waals surface area (Å²) in [5.74, 6) is 0. The zero-order valence-electron chi connectivity index (χ0n) is 8.17. The normalized spacial score (nSPS) is 26.5. The van der Waals surface area contributed by atoms with Gasteiger partial charge in [0.15, 0.2) is 0 Å². The molecule has 1 aliphatic heterocycles. The molecule has 13 heavy (non-hydrogen) atoms. The fourth-order valence-electron chi connectivity index (χ4n) is 1.14. The number of allylic oxidation sites excluding steroid dienone is 2. The van der Waals surface area contributed by atoms with Crippen LogP contribution in [0.5, 0.6) is 0 Å². The zero-order valence-corrected chi connectivity index (χ0v) is 14.0. The van der Waals surface area contributed by atoms with E-state index in [2.05, 4.69) is 27.7 Å².